The third-order valence-corrected chi connectivity index (χ3v) is 4.44. The van der Waals surface area contributed by atoms with E-state index in [-0.39, 0.29) is 17.5 Å². The average molecular weight is 447 g/mol. The number of hydrogen-bond acceptors (Lipinski definition) is 6. The smallest absolute Gasteiger partial charge is 0.269 e. The molecule has 0 fully saturated rings. The van der Waals surface area contributed by atoms with Gasteiger partial charge in [0.15, 0.2) is 0 Å². The zero-order chi connectivity index (χ0) is 21.7. The molecule has 0 saturated heterocycles. The Morgan fingerprint density at radius 3 is 2.33 bits per heavy atom. The molecule has 3 rings (SSSR count). The largest absolute Gasteiger partial charge is 0.438 e. The molecule has 154 valence electrons. The Bertz CT molecular complexity index is 1060. The van der Waals surface area contributed by atoms with Crippen LogP contribution >= 0.6 is 23.2 Å². The summed E-state index contributed by atoms with van der Waals surface area (Å²) in [6, 6.07) is 13.5. The Morgan fingerprint density at radius 1 is 1.10 bits per heavy atom. The lowest BCUT2D eigenvalue weighted by Gasteiger charge is -2.15. The van der Waals surface area contributed by atoms with E-state index in [1.165, 1.54) is 36.5 Å². The summed E-state index contributed by atoms with van der Waals surface area (Å²) in [5.74, 6) is 0.458. The van der Waals surface area contributed by atoms with Crippen molar-refractivity contribution >= 4 is 46.2 Å². The summed E-state index contributed by atoms with van der Waals surface area (Å²) >= 11 is 11.9. The van der Waals surface area contributed by atoms with Crippen LogP contribution in [-0.2, 0) is 4.79 Å². The van der Waals surface area contributed by atoms with Gasteiger partial charge in [-0.15, -0.1) is 0 Å². The summed E-state index contributed by atoms with van der Waals surface area (Å²) in [6.07, 6.45) is 1.43. The number of ether oxygens (including phenoxy) is 1. The number of non-ortho nitro benzene ring substituents is 1. The summed E-state index contributed by atoms with van der Waals surface area (Å²) in [4.78, 5) is 26.6. The third-order valence-electron chi connectivity index (χ3n) is 3.97. The molecule has 1 unspecified atom stereocenters. The standard InChI is InChI=1S/C20H16Cl2N4O4/c1-12(19(27)25-15-2-6-16(7-3-15)26(28)29)24-14-4-8-17(9-5-14)30-20-18(22)10-13(21)11-23-20/h2-12,24H,1H3,(H,25,27). The van der Waals surface area contributed by atoms with E-state index in [2.05, 4.69) is 15.6 Å². The summed E-state index contributed by atoms with van der Waals surface area (Å²) < 4.78 is 5.62. The molecule has 0 aliphatic rings. The van der Waals surface area contributed by atoms with Crippen LogP contribution in [0.5, 0.6) is 11.6 Å². The third kappa shape index (κ3) is 5.59. The number of nitro groups is 1. The molecule has 0 aliphatic heterocycles. The number of nitrogens with one attached hydrogen (secondary N) is 2. The lowest BCUT2D eigenvalue weighted by Crippen LogP contribution is -2.31. The number of aromatic nitrogens is 1. The minimum atomic E-state index is -0.556. The number of rotatable bonds is 7. The molecular weight excluding hydrogens is 431 g/mol. The second-order valence-corrected chi connectivity index (χ2v) is 7.07. The van der Waals surface area contributed by atoms with E-state index >= 15 is 0 Å². The van der Waals surface area contributed by atoms with Crippen LogP contribution in [0.15, 0.2) is 60.8 Å². The molecule has 1 atom stereocenters. The van der Waals surface area contributed by atoms with Crippen molar-refractivity contribution in [2.45, 2.75) is 13.0 Å². The molecule has 2 N–H and O–H groups in total. The molecule has 30 heavy (non-hydrogen) atoms. The minimum absolute atomic E-state index is 0.0448. The number of amides is 1. The van der Waals surface area contributed by atoms with Gasteiger partial charge in [0.2, 0.25) is 11.8 Å². The Kier molecular flexibility index (Phi) is 6.71. The van der Waals surface area contributed by atoms with Crippen LogP contribution in [0.3, 0.4) is 0 Å². The molecule has 0 saturated carbocycles. The highest BCUT2D eigenvalue weighted by molar-refractivity contribution is 6.35. The van der Waals surface area contributed by atoms with Gasteiger partial charge < -0.3 is 15.4 Å². The predicted molar refractivity (Wildman–Crippen MR) is 116 cm³/mol. The van der Waals surface area contributed by atoms with Crippen molar-refractivity contribution in [2.75, 3.05) is 10.6 Å². The van der Waals surface area contributed by atoms with E-state index in [0.29, 0.717) is 27.2 Å². The first-order valence-electron chi connectivity index (χ1n) is 8.72. The number of nitro benzene ring substituents is 1. The normalized spacial score (nSPS) is 11.4. The van der Waals surface area contributed by atoms with Crippen LogP contribution in [0.2, 0.25) is 10.0 Å². The van der Waals surface area contributed by atoms with Crippen LogP contribution in [0, 0.1) is 10.1 Å². The molecule has 2 aromatic carbocycles. The number of carbonyl (C=O) groups excluding carboxylic acids is 1. The maximum atomic E-state index is 12.3. The highest BCUT2D eigenvalue weighted by atomic mass is 35.5. The maximum Gasteiger partial charge on any atom is 0.269 e. The summed E-state index contributed by atoms with van der Waals surface area (Å²) in [6.45, 7) is 1.70. The first-order chi connectivity index (χ1) is 14.3. The number of anilines is 2. The molecule has 0 aliphatic carbocycles. The van der Waals surface area contributed by atoms with E-state index in [1.54, 1.807) is 31.2 Å². The zero-order valence-electron chi connectivity index (χ0n) is 15.6. The highest BCUT2D eigenvalue weighted by Crippen LogP contribution is 2.29. The fourth-order valence-corrected chi connectivity index (χ4v) is 2.86. The molecule has 0 radical (unpaired) electrons. The fraction of sp³-hybridized carbons (Fsp3) is 0.100. The van der Waals surface area contributed by atoms with Gasteiger partial charge in [-0.3, -0.25) is 14.9 Å². The van der Waals surface area contributed by atoms with Gasteiger partial charge in [0.1, 0.15) is 16.8 Å². The molecule has 1 aromatic heterocycles. The van der Waals surface area contributed by atoms with E-state index in [4.69, 9.17) is 27.9 Å². The highest BCUT2D eigenvalue weighted by Gasteiger charge is 2.14. The average Bonchev–Trinajstić information content (AvgIpc) is 2.71. The Balaban J connectivity index is 1.57. The molecule has 0 bridgehead atoms. The maximum absolute atomic E-state index is 12.3. The first kappa shape index (κ1) is 21.4. The number of hydrogen-bond donors (Lipinski definition) is 2. The van der Waals surface area contributed by atoms with Gasteiger partial charge in [-0.1, -0.05) is 23.2 Å². The van der Waals surface area contributed by atoms with Gasteiger partial charge in [-0.05, 0) is 49.4 Å². The second-order valence-electron chi connectivity index (χ2n) is 6.23. The Morgan fingerprint density at radius 2 is 1.73 bits per heavy atom. The van der Waals surface area contributed by atoms with Crippen molar-refractivity contribution < 1.29 is 14.5 Å². The molecule has 8 nitrogen and oxygen atoms in total. The van der Waals surface area contributed by atoms with Crippen molar-refractivity contribution in [1.29, 1.82) is 0 Å². The van der Waals surface area contributed by atoms with Crippen LogP contribution in [0.25, 0.3) is 0 Å². The number of nitrogens with zero attached hydrogens (tertiary/aromatic N) is 2. The molecule has 3 aromatic rings. The molecule has 1 heterocycles. The fourth-order valence-electron chi connectivity index (χ4n) is 2.44. The van der Waals surface area contributed by atoms with Crippen LogP contribution in [0.4, 0.5) is 17.1 Å². The number of halogens is 2. The van der Waals surface area contributed by atoms with Crippen LogP contribution < -0.4 is 15.4 Å². The van der Waals surface area contributed by atoms with E-state index < -0.39 is 11.0 Å². The van der Waals surface area contributed by atoms with Crippen molar-refractivity contribution in [2.24, 2.45) is 0 Å². The molecule has 0 spiro atoms. The summed E-state index contributed by atoms with van der Waals surface area (Å²) in [7, 11) is 0. The Labute approximate surface area is 181 Å². The number of benzene rings is 2. The summed E-state index contributed by atoms with van der Waals surface area (Å²) in [5, 5.41) is 17.2. The zero-order valence-corrected chi connectivity index (χ0v) is 17.1. The lowest BCUT2D eigenvalue weighted by atomic mass is 10.2. The van der Waals surface area contributed by atoms with Crippen molar-refractivity contribution in [3.8, 4) is 11.6 Å². The second kappa shape index (κ2) is 9.43. The molecular formula is C20H16Cl2N4O4. The van der Waals surface area contributed by atoms with E-state index in [9.17, 15) is 14.9 Å². The topological polar surface area (TPSA) is 106 Å². The molecule has 1 amide bonds. The van der Waals surface area contributed by atoms with Gasteiger partial charge in [0.05, 0.1) is 9.95 Å². The monoisotopic (exact) mass is 446 g/mol. The van der Waals surface area contributed by atoms with Gasteiger partial charge in [-0.2, -0.15) is 0 Å². The number of carbonyl (C=O) groups is 1. The van der Waals surface area contributed by atoms with Crippen LogP contribution in [-0.4, -0.2) is 21.9 Å². The van der Waals surface area contributed by atoms with Crippen molar-refractivity contribution in [3.05, 3.63) is 81.0 Å². The molecule has 10 heteroatoms. The van der Waals surface area contributed by atoms with E-state index in [0.717, 1.165) is 0 Å². The quantitative estimate of drug-likeness (QED) is 0.365. The Hall–Kier alpha value is -3.36. The lowest BCUT2D eigenvalue weighted by molar-refractivity contribution is -0.384. The van der Waals surface area contributed by atoms with Crippen molar-refractivity contribution in [1.82, 2.24) is 4.98 Å². The van der Waals surface area contributed by atoms with Gasteiger partial charge in [0, 0.05) is 29.7 Å². The van der Waals surface area contributed by atoms with Gasteiger partial charge in [-0.25, -0.2) is 4.98 Å². The minimum Gasteiger partial charge on any atom is -0.438 e. The van der Waals surface area contributed by atoms with Crippen LogP contribution in [0.1, 0.15) is 6.92 Å². The van der Waals surface area contributed by atoms with Crippen molar-refractivity contribution in [3.63, 3.8) is 0 Å². The van der Waals surface area contributed by atoms with Gasteiger partial charge in [0.25, 0.3) is 5.69 Å². The summed E-state index contributed by atoms with van der Waals surface area (Å²) in [5.41, 5.74) is 1.12. The number of pyridine rings is 1. The predicted octanol–water partition coefficient (Wildman–Crippen LogP) is 5.53. The SMILES string of the molecule is CC(Nc1ccc(Oc2ncc(Cl)cc2Cl)cc1)C(=O)Nc1ccc([N+](=O)[O-])cc1. The first-order valence-corrected chi connectivity index (χ1v) is 9.48. The van der Waals surface area contributed by atoms with Gasteiger partial charge >= 0.3 is 0 Å². The van der Waals surface area contributed by atoms with E-state index in [1.807, 2.05) is 0 Å².